The molecule has 5 heteroatoms. The fourth-order valence-corrected chi connectivity index (χ4v) is 1.36. The van der Waals surface area contributed by atoms with E-state index in [0.29, 0.717) is 5.69 Å². The van der Waals surface area contributed by atoms with Gasteiger partial charge in [0.15, 0.2) is 0 Å². The van der Waals surface area contributed by atoms with Crippen LogP contribution in [0.5, 0.6) is 5.75 Å². The van der Waals surface area contributed by atoms with Crippen LogP contribution in [0.1, 0.15) is 0 Å². The van der Waals surface area contributed by atoms with E-state index in [0.717, 1.165) is 17.8 Å². The molecule has 0 radical (unpaired) electrons. The second-order valence-corrected chi connectivity index (χ2v) is 3.18. The molecule has 0 amide bonds. The highest BCUT2D eigenvalue weighted by molar-refractivity contribution is 5.66. The predicted octanol–water partition coefficient (Wildman–Crippen LogP) is 2.36. The third kappa shape index (κ3) is 1.83. The summed E-state index contributed by atoms with van der Waals surface area (Å²) in [6.45, 7) is 0. The van der Waals surface area contributed by atoms with Crippen LogP contribution in [0, 0.1) is 10.1 Å². The Morgan fingerprint density at radius 2 is 1.94 bits per heavy atom. The van der Waals surface area contributed by atoms with E-state index in [1.807, 2.05) is 6.07 Å². The molecule has 0 saturated carbocycles. The zero-order valence-corrected chi connectivity index (χ0v) is 8.20. The number of hydrogen-bond donors (Lipinski definition) is 1. The molecule has 0 atom stereocenters. The average Bonchev–Trinajstić information content (AvgIpc) is 2.30. The maximum Gasteiger partial charge on any atom is 0.291 e. The molecule has 1 N–H and O–H groups in total. The summed E-state index contributed by atoms with van der Waals surface area (Å²) in [7, 11) is 0. The Bertz CT molecular complexity index is 526. The molecular formula is C11H8N2O3. The second kappa shape index (κ2) is 3.98. The van der Waals surface area contributed by atoms with Gasteiger partial charge in [-0.05, 0) is 0 Å². The van der Waals surface area contributed by atoms with Gasteiger partial charge in [0.2, 0.25) is 0 Å². The molecule has 0 fully saturated rings. The third-order valence-corrected chi connectivity index (χ3v) is 2.11. The Labute approximate surface area is 91.2 Å². The third-order valence-electron chi connectivity index (χ3n) is 2.11. The van der Waals surface area contributed by atoms with Gasteiger partial charge in [0.25, 0.3) is 5.69 Å². The molecule has 16 heavy (non-hydrogen) atoms. The first-order valence-corrected chi connectivity index (χ1v) is 4.57. The van der Waals surface area contributed by atoms with Crippen molar-refractivity contribution in [1.82, 2.24) is 4.98 Å². The summed E-state index contributed by atoms with van der Waals surface area (Å²) in [6, 6.07) is 10.1. The fourth-order valence-electron chi connectivity index (χ4n) is 1.36. The lowest BCUT2D eigenvalue weighted by Gasteiger charge is -2.02. The Hall–Kier alpha value is -2.43. The molecule has 1 aromatic heterocycles. The van der Waals surface area contributed by atoms with Gasteiger partial charge in [-0.3, -0.25) is 10.1 Å². The first-order chi connectivity index (χ1) is 7.68. The van der Waals surface area contributed by atoms with E-state index in [4.69, 9.17) is 0 Å². The lowest BCUT2D eigenvalue weighted by atomic mass is 10.1. The van der Waals surface area contributed by atoms with Crippen molar-refractivity contribution in [3.63, 3.8) is 0 Å². The lowest BCUT2D eigenvalue weighted by Crippen LogP contribution is -1.91. The van der Waals surface area contributed by atoms with E-state index >= 15 is 0 Å². The van der Waals surface area contributed by atoms with Crippen molar-refractivity contribution in [3.8, 4) is 17.0 Å². The van der Waals surface area contributed by atoms with Gasteiger partial charge in [-0.1, -0.05) is 30.3 Å². The Balaban J connectivity index is 2.48. The molecule has 5 nitrogen and oxygen atoms in total. The maximum atomic E-state index is 10.5. The maximum absolute atomic E-state index is 10.5. The Morgan fingerprint density at radius 1 is 1.25 bits per heavy atom. The summed E-state index contributed by atoms with van der Waals surface area (Å²) in [6.07, 6.45) is 1.13. The summed E-state index contributed by atoms with van der Waals surface area (Å²) >= 11 is 0. The standard InChI is InChI=1S/C11H8N2O3/c14-10-6-9(13(15)16)7-12-11(10)8-4-2-1-3-5-8/h1-7,14H. The van der Waals surface area contributed by atoms with Crippen LogP contribution >= 0.6 is 0 Å². The van der Waals surface area contributed by atoms with Crippen LogP contribution in [-0.4, -0.2) is 15.0 Å². The highest BCUT2D eigenvalue weighted by Gasteiger charge is 2.12. The first-order valence-electron chi connectivity index (χ1n) is 4.57. The zero-order valence-electron chi connectivity index (χ0n) is 8.20. The van der Waals surface area contributed by atoms with Gasteiger partial charge in [-0.25, -0.2) is 4.98 Å². The summed E-state index contributed by atoms with van der Waals surface area (Å²) in [5.41, 5.74) is 0.832. The van der Waals surface area contributed by atoms with Gasteiger partial charge in [0, 0.05) is 5.56 Å². The van der Waals surface area contributed by atoms with E-state index in [9.17, 15) is 15.2 Å². The largest absolute Gasteiger partial charge is 0.505 e. The van der Waals surface area contributed by atoms with Crippen molar-refractivity contribution in [1.29, 1.82) is 0 Å². The number of nitrogens with zero attached hydrogens (tertiary/aromatic N) is 2. The van der Waals surface area contributed by atoms with E-state index < -0.39 is 4.92 Å². The van der Waals surface area contributed by atoms with Crippen LogP contribution in [-0.2, 0) is 0 Å². The van der Waals surface area contributed by atoms with Gasteiger partial charge in [0.05, 0.1) is 11.0 Å². The average molecular weight is 216 g/mol. The minimum atomic E-state index is -0.596. The summed E-state index contributed by atoms with van der Waals surface area (Å²) in [5, 5.41) is 20.1. The van der Waals surface area contributed by atoms with Gasteiger partial charge >= 0.3 is 0 Å². The molecular weight excluding hydrogens is 208 g/mol. The van der Waals surface area contributed by atoms with E-state index in [1.165, 1.54) is 0 Å². The van der Waals surface area contributed by atoms with E-state index in [-0.39, 0.29) is 11.4 Å². The van der Waals surface area contributed by atoms with Crippen LogP contribution in [0.3, 0.4) is 0 Å². The summed E-state index contributed by atoms with van der Waals surface area (Å²) in [5.74, 6) is -0.194. The number of aromatic nitrogens is 1. The van der Waals surface area contributed by atoms with Crippen molar-refractivity contribution in [2.24, 2.45) is 0 Å². The smallest absolute Gasteiger partial charge is 0.291 e. The monoisotopic (exact) mass is 216 g/mol. The van der Waals surface area contributed by atoms with Crippen molar-refractivity contribution in [3.05, 3.63) is 52.7 Å². The number of pyridine rings is 1. The quantitative estimate of drug-likeness (QED) is 0.617. The van der Waals surface area contributed by atoms with Crippen LogP contribution in [0.15, 0.2) is 42.6 Å². The molecule has 0 unspecified atom stereocenters. The SMILES string of the molecule is O=[N+]([O-])c1cnc(-c2ccccc2)c(O)c1. The first kappa shape index (κ1) is 10.1. The topological polar surface area (TPSA) is 76.3 Å². The predicted molar refractivity (Wildman–Crippen MR) is 58.0 cm³/mol. The summed E-state index contributed by atoms with van der Waals surface area (Å²) in [4.78, 5) is 13.7. The van der Waals surface area contributed by atoms with Gasteiger partial charge in [0.1, 0.15) is 17.6 Å². The molecule has 0 aliphatic carbocycles. The molecule has 2 aromatic rings. The molecule has 0 bridgehead atoms. The highest BCUT2D eigenvalue weighted by atomic mass is 16.6. The molecule has 0 aliphatic heterocycles. The number of rotatable bonds is 2. The van der Waals surface area contributed by atoms with Crippen LogP contribution < -0.4 is 0 Å². The minimum absolute atomic E-state index is 0.194. The number of hydrogen-bond acceptors (Lipinski definition) is 4. The molecule has 0 aliphatic rings. The van der Waals surface area contributed by atoms with Crippen molar-refractivity contribution < 1.29 is 10.0 Å². The minimum Gasteiger partial charge on any atom is -0.505 e. The van der Waals surface area contributed by atoms with Crippen LogP contribution in [0.4, 0.5) is 5.69 Å². The Kier molecular flexibility index (Phi) is 2.51. The number of aromatic hydroxyl groups is 1. The molecule has 1 aromatic carbocycles. The molecule has 1 heterocycles. The van der Waals surface area contributed by atoms with E-state index in [2.05, 4.69) is 4.98 Å². The second-order valence-electron chi connectivity index (χ2n) is 3.18. The van der Waals surface area contributed by atoms with Crippen LogP contribution in [0.2, 0.25) is 0 Å². The van der Waals surface area contributed by atoms with Gasteiger partial charge in [-0.15, -0.1) is 0 Å². The molecule has 80 valence electrons. The van der Waals surface area contributed by atoms with Crippen molar-refractivity contribution >= 4 is 5.69 Å². The number of nitro groups is 1. The summed E-state index contributed by atoms with van der Waals surface area (Å²) < 4.78 is 0. The lowest BCUT2D eigenvalue weighted by molar-refractivity contribution is -0.385. The van der Waals surface area contributed by atoms with Crippen LogP contribution in [0.25, 0.3) is 11.3 Å². The fraction of sp³-hybridized carbons (Fsp3) is 0. The normalized spacial score (nSPS) is 10.0. The van der Waals surface area contributed by atoms with Crippen molar-refractivity contribution in [2.75, 3.05) is 0 Å². The highest BCUT2D eigenvalue weighted by Crippen LogP contribution is 2.29. The molecule has 2 rings (SSSR count). The zero-order chi connectivity index (χ0) is 11.5. The molecule has 0 saturated heterocycles. The number of benzene rings is 1. The van der Waals surface area contributed by atoms with Gasteiger partial charge in [-0.2, -0.15) is 0 Å². The Morgan fingerprint density at radius 3 is 2.50 bits per heavy atom. The molecule has 0 spiro atoms. The van der Waals surface area contributed by atoms with E-state index in [1.54, 1.807) is 24.3 Å². The van der Waals surface area contributed by atoms with Crippen molar-refractivity contribution in [2.45, 2.75) is 0 Å². The van der Waals surface area contributed by atoms with Gasteiger partial charge < -0.3 is 5.11 Å².